The highest BCUT2D eigenvalue weighted by Gasteiger charge is 2.21. The fraction of sp³-hybridized carbons (Fsp3) is 0.375. The summed E-state index contributed by atoms with van der Waals surface area (Å²) in [5.41, 5.74) is 0.895. The molecule has 1 aromatic rings. The summed E-state index contributed by atoms with van der Waals surface area (Å²) in [4.78, 5) is 33.9. The van der Waals surface area contributed by atoms with Gasteiger partial charge in [0.05, 0.1) is 6.61 Å². The van der Waals surface area contributed by atoms with E-state index < -0.39 is 5.97 Å². The number of carboxylic acids is 1. The van der Waals surface area contributed by atoms with Crippen molar-refractivity contribution in [3.05, 3.63) is 24.3 Å². The van der Waals surface area contributed by atoms with Gasteiger partial charge in [0.2, 0.25) is 5.91 Å². The average molecular weight is 333 g/mol. The number of carbonyl (C=O) groups is 3. The molecule has 2 amide bonds. The van der Waals surface area contributed by atoms with Crippen molar-refractivity contribution < 1.29 is 24.2 Å². The van der Waals surface area contributed by atoms with Gasteiger partial charge in [0.1, 0.15) is 11.5 Å². The molecule has 2 N–H and O–H groups in total. The van der Waals surface area contributed by atoms with E-state index in [0.29, 0.717) is 36.6 Å². The number of ether oxygens (including phenoxy) is 1. The molecule has 24 heavy (non-hydrogen) atoms. The summed E-state index contributed by atoms with van der Waals surface area (Å²) in [5, 5.41) is 16.4. The Morgan fingerprint density at radius 1 is 1.29 bits per heavy atom. The fourth-order valence-corrected chi connectivity index (χ4v) is 2.08. The van der Waals surface area contributed by atoms with Gasteiger partial charge in [-0.2, -0.15) is 5.10 Å². The van der Waals surface area contributed by atoms with Crippen LogP contribution in [-0.2, 0) is 14.4 Å². The Hall–Kier alpha value is -2.90. The highest BCUT2D eigenvalue weighted by Crippen LogP contribution is 2.17. The zero-order chi connectivity index (χ0) is 17.5. The minimum absolute atomic E-state index is 0.0627. The number of carbonyl (C=O) groups excluding carboxylic acids is 2. The summed E-state index contributed by atoms with van der Waals surface area (Å²) in [6.07, 6.45) is 1.08. The Morgan fingerprint density at radius 3 is 2.62 bits per heavy atom. The number of hydrogen-bond acceptors (Lipinski definition) is 5. The van der Waals surface area contributed by atoms with E-state index in [4.69, 9.17) is 9.84 Å². The van der Waals surface area contributed by atoms with Crippen LogP contribution in [0.5, 0.6) is 5.75 Å². The van der Waals surface area contributed by atoms with Gasteiger partial charge in [-0.15, -0.1) is 0 Å². The third kappa shape index (κ3) is 5.08. The van der Waals surface area contributed by atoms with Crippen molar-refractivity contribution in [3.63, 3.8) is 0 Å². The van der Waals surface area contributed by atoms with Crippen LogP contribution in [0.2, 0.25) is 0 Å². The number of aliphatic carboxylic acids is 1. The van der Waals surface area contributed by atoms with Crippen molar-refractivity contribution in [3.8, 4) is 5.75 Å². The molecule has 0 spiro atoms. The molecule has 0 unspecified atom stereocenters. The van der Waals surface area contributed by atoms with E-state index in [2.05, 4.69) is 10.4 Å². The number of rotatable bonds is 7. The van der Waals surface area contributed by atoms with E-state index >= 15 is 0 Å². The van der Waals surface area contributed by atoms with Crippen LogP contribution >= 0.6 is 0 Å². The molecule has 0 aliphatic carbocycles. The second-order valence-electron chi connectivity index (χ2n) is 5.29. The van der Waals surface area contributed by atoms with Crippen molar-refractivity contribution >= 4 is 29.2 Å². The largest absolute Gasteiger partial charge is 0.494 e. The van der Waals surface area contributed by atoms with Crippen LogP contribution in [0.3, 0.4) is 0 Å². The molecular formula is C16H19N3O5. The molecule has 1 aromatic carbocycles. The van der Waals surface area contributed by atoms with E-state index in [0.717, 1.165) is 0 Å². The van der Waals surface area contributed by atoms with Gasteiger partial charge >= 0.3 is 5.97 Å². The van der Waals surface area contributed by atoms with Crippen LogP contribution < -0.4 is 10.1 Å². The average Bonchev–Trinajstić information content (AvgIpc) is 2.55. The van der Waals surface area contributed by atoms with Crippen molar-refractivity contribution in [2.24, 2.45) is 5.10 Å². The highest BCUT2D eigenvalue weighted by atomic mass is 16.5. The first-order valence-electron chi connectivity index (χ1n) is 7.56. The van der Waals surface area contributed by atoms with Crippen LogP contribution in [0.4, 0.5) is 5.69 Å². The summed E-state index contributed by atoms with van der Waals surface area (Å²) in [6.45, 7) is 0.315. The van der Waals surface area contributed by atoms with Gasteiger partial charge in [0.15, 0.2) is 0 Å². The summed E-state index contributed by atoms with van der Waals surface area (Å²) in [6, 6.07) is 6.74. The Bertz CT molecular complexity index is 654. The Balaban J connectivity index is 1.85. The lowest BCUT2D eigenvalue weighted by Crippen LogP contribution is -2.34. The monoisotopic (exact) mass is 333 g/mol. The van der Waals surface area contributed by atoms with Crippen molar-refractivity contribution in [2.75, 3.05) is 19.0 Å². The summed E-state index contributed by atoms with van der Waals surface area (Å²) >= 11 is 0. The second-order valence-corrected chi connectivity index (χ2v) is 5.29. The van der Waals surface area contributed by atoms with E-state index in [1.807, 2.05) is 0 Å². The first kappa shape index (κ1) is 17.5. The molecule has 0 saturated carbocycles. The van der Waals surface area contributed by atoms with Gasteiger partial charge < -0.3 is 15.2 Å². The normalized spacial score (nSPS) is 14.1. The Labute approximate surface area is 139 Å². The Morgan fingerprint density at radius 2 is 2.00 bits per heavy atom. The topological polar surface area (TPSA) is 108 Å². The lowest BCUT2D eigenvalue weighted by atomic mass is 10.1. The van der Waals surface area contributed by atoms with Gasteiger partial charge in [0.25, 0.3) is 5.91 Å². The van der Waals surface area contributed by atoms with E-state index in [-0.39, 0.29) is 24.7 Å². The molecule has 128 valence electrons. The zero-order valence-electron chi connectivity index (χ0n) is 13.3. The van der Waals surface area contributed by atoms with Crippen LogP contribution in [0.1, 0.15) is 25.7 Å². The third-order valence-corrected chi connectivity index (χ3v) is 3.39. The number of hydrazone groups is 1. The van der Waals surface area contributed by atoms with Gasteiger partial charge in [-0.25, -0.2) is 5.01 Å². The number of amides is 2. The van der Waals surface area contributed by atoms with Crippen molar-refractivity contribution in [2.45, 2.75) is 25.7 Å². The molecule has 0 bridgehead atoms. The molecule has 1 aliphatic rings. The number of carboxylic acid groups (broad SMARTS) is 1. The predicted molar refractivity (Wildman–Crippen MR) is 86.9 cm³/mol. The molecule has 8 nitrogen and oxygen atoms in total. The third-order valence-electron chi connectivity index (χ3n) is 3.39. The van der Waals surface area contributed by atoms with Crippen molar-refractivity contribution in [1.29, 1.82) is 0 Å². The lowest BCUT2D eigenvalue weighted by molar-refractivity contribution is -0.137. The molecule has 0 saturated heterocycles. The quantitative estimate of drug-likeness (QED) is 0.735. The first-order chi connectivity index (χ1) is 11.5. The number of nitrogens with zero attached hydrogens (tertiary/aromatic N) is 2. The molecule has 1 aliphatic heterocycles. The summed E-state index contributed by atoms with van der Waals surface area (Å²) in [5.74, 6) is -0.714. The maximum atomic E-state index is 12.1. The van der Waals surface area contributed by atoms with E-state index in [1.165, 1.54) is 12.1 Å². The molecule has 0 radical (unpaired) electrons. The minimum Gasteiger partial charge on any atom is -0.494 e. The molecule has 0 atom stereocenters. The molecular weight excluding hydrogens is 314 g/mol. The van der Waals surface area contributed by atoms with Crippen LogP contribution in [0, 0.1) is 0 Å². The standard InChI is InChI=1S/C16H19N3O5/c1-19-14(20)9-8-13(18-19)16(23)17-11-4-6-12(7-5-11)24-10-2-3-15(21)22/h4-7H,2-3,8-10H2,1H3,(H,17,23)(H,21,22). The number of nitrogens with one attached hydrogen (secondary N) is 1. The van der Waals surface area contributed by atoms with E-state index in [1.54, 1.807) is 24.3 Å². The van der Waals surface area contributed by atoms with Crippen LogP contribution in [0.25, 0.3) is 0 Å². The summed E-state index contributed by atoms with van der Waals surface area (Å²) < 4.78 is 5.41. The van der Waals surface area contributed by atoms with Crippen molar-refractivity contribution in [1.82, 2.24) is 5.01 Å². The minimum atomic E-state index is -0.852. The smallest absolute Gasteiger partial charge is 0.303 e. The maximum Gasteiger partial charge on any atom is 0.303 e. The van der Waals surface area contributed by atoms with Gasteiger partial charge in [-0.05, 0) is 30.7 Å². The number of benzene rings is 1. The molecule has 2 rings (SSSR count). The summed E-state index contributed by atoms with van der Waals surface area (Å²) in [7, 11) is 1.52. The maximum absolute atomic E-state index is 12.1. The Kier molecular flexibility index (Phi) is 5.89. The second kappa shape index (κ2) is 8.09. The van der Waals surface area contributed by atoms with Crippen LogP contribution in [0.15, 0.2) is 29.4 Å². The van der Waals surface area contributed by atoms with E-state index in [9.17, 15) is 14.4 Å². The number of anilines is 1. The fourth-order valence-electron chi connectivity index (χ4n) is 2.08. The molecule has 0 aromatic heterocycles. The van der Waals surface area contributed by atoms with Crippen LogP contribution in [-0.4, -0.2) is 47.3 Å². The molecule has 0 fully saturated rings. The number of hydrogen-bond donors (Lipinski definition) is 2. The highest BCUT2D eigenvalue weighted by molar-refractivity contribution is 6.43. The lowest BCUT2D eigenvalue weighted by Gasteiger charge is -2.18. The molecule has 1 heterocycles. The van der Waals surface area contributed by atoms with Gasteiger partial charge in [-0.3, -0.25) is 14.4 Å². The zero-order valence-corrected chi connectivity index (χ0v) is 13.3. The van der Waals surface area contributed by atoms with Gasteiger partial charge in [-0.1, -0.05) is 0 Å². The molecule has 8 heteroatoms. The first-order valence-corrected chi connectivity index (χ1v) is 7.56. The van der Waals surface area contributed by atoms with Gasteiger partial charge in [0, 0.05) is 32.0 Å². The SMILES string of the molecule is CN1N=C(C(=O)Nc2ccc(OCCCC(=O)O)cc2)CCC1=O. The predicted octanol–water partition coefficient (Wildman–Crippen LogP) is 1.48.